The third kappa shape index (κ3) is 4.84. The summed E-state index contributed by atoms with van der Waals surface area (Å²) in [6.07, 6.45) is 3.66. The zero-order chi connectivity index (χ0) is 17.6. The van der Waals surface area contributed by atoms with Crippen molar-refractivity contribution in [3.63, 3.8) is 0 Å². The van der Waals surface area contributed by atoms with Crippen molar-refractivity contribution in [1.29, 1.82) is 0 Å². The minimum absolute atomic E-state index is 0.147. The van der Waals surface area contributed by atoms with Crippen molar-refractivity contribution in [3.8, 4) is 5.75 Å². The first-order valence-corrected chi connectivity index (χ1v) is 9.96. The highest BCUT2D eigenvalue weighted by atomic mass is 35.5. The van der Waals surface area contributed by atoms with Gasteiger partial charge in [0.2, 0.25) is 10.0 Å². The van der Waals surface area contributed by atoms with E-state index >= 15 is 0 Å². The summed E-state index contributed by atoms with van der Waals surface area (Å²) >= 11 is 6.11. The molecule has 1 aromatic rings. The smallest absolute Gasteiger partial charge is 0.257 e. The molecule has 0 unspecified atom stereocenters. The molecule has 24 heavy (non-hydrogen) atoms. The zero-order valence-electron chi connectivity index (χ0n) is 13.8. The van der Waals surface area contributed by atoms with E-state index in [1.54, 1.807) is 0 Å². The number of carbonyl (C=O) groups is 1. The van der Waals surface area contributed by atoms with E-state index in [1.165, 1.54) is 22.5 Å². The Kier molecular flexibility index (Phi) is 6.89. The number of rotatable bonds is 8. The molecule has 8 heteroatoms. The molecule has 1 saturated heterocycles. The first-order chi connectivity index (χ1) is 11.4. The van der Waals surface area contributed by atoms with Gasteiger partial charge in [-0.15, -0.1) is 0 Å². The molecule has 1 N–H and O–H groups in total. The van der Waals surface area contributed by atoms with Crippen molar-refractivity contribution in [3.05, 3.63) is 23.2 Å². The molecule has 0 radical (unpaired) electrons. The van der Waals surface area contributed by atoms with Gasteiger partial charge in [-0.1, -0.05) is 24.9 Å². The summed E-state index contributed by atoms with van der Waals surface area (Å²) in [6, 6.07) is 4.33. The molecule has 0 saturated carbocycles. The molecule has 1 amide bonds. The fraction of sp³-hybridized carbons (Fsp3) is 0.562. The van der Waals surface area contributed by atoms with Crippen LogP contribution in [0.4, 0.5) is 0 Å². The minimum atomic E-state index is -3.51. The van der Waals surface area contributed by atoms with E-state index in [0.29, 0.717) is 25.4 Å². The Morgan fingerprint density at radius 1 is 1.33 bits per heavy atom. The summed E-state index contributed by atoms with van der Waals surface area (Å²) in [7, 11) is -3.51. The van der Waals surface area contributed by atoms with Gasteiger partial charge in [-0.2, -0.15) is 4.31 Å². The van der Waals surface area contributed by atoms with Gasteiger partial charge in [-0.25, -0.2) is 8.42 Å². The second-order valence-electron chi connectivity index (χ2n) is 5.70. The highest BCUT2D eigenvalue weighted by Crippen LogP contribution is 2.29. The summed E-state index contributed by atoms with van der Waals surface area (Å²) in [5.41, 5.74) is 0. The maximum atomic E-state index is 12.5. The van der Waals surface area contributed by atoms with Gasteiger partial charge in [0.1, 0.15) is 5.75 Å². The van der Waals surface area contributed by atoms with Gasteiger partial charge in [0.15, 0.2) is 6.61 Å². The predicted molar refractivity (Wildman–Crippen MR) is 92.9 cm³/mol. The van der Waals surface area contributed by atoms with Gasteiger partial charge < -0.3 is 10.1 Å². The van der Waals surface area contributed by atoms with E-state index < -0.39 is 10.0 Å². The number of carbonyl (C=O) groups excluding carboxylic acids is 1. The number of amides is 1. The normalized spacial score (nSPS) is 15.4. The summed E-state index contributed by atoms with van der Waals surface area (Å²) < 4.78 is 31.8. The molecule has 6 nitrogen and oxygen atoms in total. The lowest BCUT2D eigenvalue weighted by atomic mass is 10.3. The lowest BCUT2D eigenvalue weighted by Gasteiger charge is -2.16. The number of hydrogen-bond donors (Lipinski definition) is 1. The summed E-state index contributed by atoms with van der Waals surface area (Å²) in [5.74, 6) is 0.0657. The third-order valence-corrected chi connectivity index (χ3v) is 6.01. The number of nitrogens with one attached hydrogen (secondary N) is 1. The summed E-state index contributed by atoms with van der Waals surface area (Å²) in [6.45, 7) is 3.58. The van der Waals surface area contributed by atoms with Crippen LogP contribution in [0.3, 0.4) is 0 Å². The van der Waals surface area contributed by atoms with Crippen molar-refractivity contribution in [2.75, 3.05) is 26.2 Å². The van der Waals surface area contributed by atoms with Crippen LogP contribution < -0.4 is 10.1 Å². The molecule has 0 bridgehead atoms. The molecule has 1 aliphatic rings. The molecular weight excluding hydrogens is 352 g/mol. The van der Waals surface area contributed by atoms with Gasteiger partial charge in [0, 0.05) is 19.6 Å². The quantitative estimate of drug-likeness (QED) is 0.709. The van der Waals surface area contributed by atoms with Gasteiger partial charge in [0.05, 0.1) is 9.92 Å². The molecule has 134 valence electrons. The SMILES string of the molecule is CCCCNC(=O)COc1ccc(S(=O)(=O)N2CCCC2)cc1Cl. The van der Waals surface area contributed by atoms with Gasteiger partial charge in [-0.05, 0) is 37.5 Å². The number of halogens is 1. The molecule has 0 atom stereocenters. The summed E-state index contributed by atoms with van der Waals surface area (Å²) in [5, 5.41) is 2.91. The second kappa shape index (κ2) is 8.69. The van der Waals surface area contributed by atoms with Crippen LogP contribution in [-0.4, -0.2) is 44.9 Å². The van der Waals surface area contributed by atoms with Crippen molar-refractivity contribution >= 4 is 27.5 Å². The standard InChI is InChI=1S/C16H23ClN2O4S/c1-2-3-8-18-16(20)12-23-15-7-6-13(11-14(15)17)24(21,22)19-9-4-5-10-19/h6-7,11H,2-5,8-10,12H2,1H3,(H,18,20). The van der Waals surface area contributed by atoms with Crippen molar-refractivity contribution < 1.29 is 17.9 Å². The Morgan fingerprint density at radius 3 is 2.67 bits per heavy atom. The summed E-state index contributed by atoms with van der Waals surface area (Å²) in [4.78, 5) is 11.8. The monoisotopic (exact) mass is 374 g/mol. The fourth-order valence-electron chi connectivity index (χ4n) is 2.44. The molecule has 1 heterocycles. The van der Waals surface area contributed by atoms with Crippen LogP contribution in [0.15, 0.2) is 23.1 Å². The first kappa shape index (κ1) is 19.0. The van der Waals surface area contributed by atoms with Crippen LogP contribution >= 0.6 is 11.6 Å². The molecule has 2 rings (SSSR count). The van der Waals surface area contributed by atoms with E-state index in [0.717, 1.165) is 25.7 Å². The van der Waals surface area contributed by atoms with E-state index in [1.807, 2.05) is 6.92 Å². The average Bonchev–Trinajstić information content (AvgIpc) is 3.09. The van der Waals surface area contributed by atoms with Crippen molar-refractivity contribution in [2.45, 2.75) is 37.5 Å². The topological polar surface area (TPSA) is 75.7 Å². The zero-order valence-corrected chi connectivity index (χ0v) is 15.3. The number of ether oxygens (including phenoxy) is 1. The van der Waals surface area contributed by atoms with Crippen LogP contribution in [-0.2, 0) is 14.8 Å². The molecule has 1 aromatic carbocycles. The van der Waals surface area contributed by atoms with Gasteiger partial charge in [0.25, 0.3) is 5.91 Å². The largest absolute Gasteiger partial charge is 0.482 e. The van der Waals surface area contributed by atoms with Crippen LogP contribution in [0.2, 0.25) is 5.02 Å². The number of hydrogen-bond acceptors (Lipinski definition) is 4. The fourth-order valence-corrected chi connectivity index (χ4v) is 4.28. The van der Waals surface area contributed by atoms with Crippen LogP contribution in [0.25, 0.3) is 0 Å². The molecule has 0 aliphatic carbocycles. The second-order valence-corrected chi connectivity index (χ2v) is 8.04. The molecule has 1 fully saturated rings. The van der Waals surface area contributed by atoms with Gasteiger partial charge in [-0.3, -0.25) is 4.79 Å². The average molecular weight is 375 g/mol. The van der Waals surface area contributed by atoms with E-state index in [4.69, 9.17) is 16.3 Å². The Hall–Kier alpha value is -1.31. The number of unbranched alkanes of at least 4 members (excludes halogenated alkanes) is 1. The lowest BCUT2D eigenvalue weighted by molar-refractivity contribution is -0.123. The first-order valence-electron chi connectivity index (χ1n) is 8.14. The highest BCUT2D eigenvalue weighted by Gasteiger charge is 2.27. The highest BCUT2D eigenvalue weighted by molar-refractivity contribution is 7.89. The predicted octanol–water partition coefficient (Wildman–Crippen LogP) is 2.42. The van der Waals surface area contributed by atoms with Crippen molar-refractivity contribution in [1.82, 2.24) is 9.62 Å². The molecule has 0 aromatic heterocycles. The third-order valence-electron chi connectivity index (χ3n) is 3.82. The molecule has 1 aliphatic heterocycles. The number of sulfonamides is 1. The van der Waals surface area contributed by atoms with Crippen LogP contribution in [0.1, 0.15) is 32.6 Å². The maximum absolute atomic E-state index is 12.5. The maximum Gasteiger partial charge on any atom is 0.257 e. The van der Waals surface area contributed by atoms with E-state index in [2.05, 4.69) is 5.32 Å². The van der Waals surface area contributed by atoms with E-state index in [-0.39, 0.29) is 22.4 Å². The minimum Gasteiger partial charge on any atom is -0.482 e. The van der Waals surface area contributed by atoms with Crippen LogP contribution in [0.5, 0.6) is 5.75 Å². The Bertz CT molecular complexity index is 673. The Balaban J connectivity index is 1.98. The Morgan fingerprint density at radius 2 is 2.04 bits per heavy atom. The number of nitrogens with zero attached hydrogens (tertiary/aromatic N) is 1. The van der Waals surface area contributed by atoms with Crippen LogP contribution in [0, 0.1) is 0 Å². The number of benzene rings is 1. The Labute approximate surface area is 148 Å². The van der Waals surface area contributed by atoms with E-state index in [9.17, 15) is 13.2 Å². The lowest BCUT2D eigenvalue weighted by Crippen LogP contribution is -2.29. The molecular formula is C16H23ClN2O4S. The van der Waals surface area contributed by atoms with Crippen molar-refractivity contribution in [2.24, 2.45) is 0 Å². The van der Waals surface area contributed by atoms with Gasteiger partial charge >= 0.3 is 0 Å². The molecule has 0 spiro atoms.